The van der Waals surface area contributed by atoms with Crippen LogP contribution in [0, 0.1) is 6.92 Å². The van der Waals surface area contributed by atoms with Crippen molar-refractivity contribution in [3.63, 3.8) is 0 Å². The van der Waals surface area contributed by atoms with Crippen LogP contribution >= 0.6 is 11.6 Å². The molecular weight excluding hydrogens is 464 g/mol. The van der Waals surface area contributed by atoms with E-state index in [1.807, 2.05) is 67.6 Å². The Labute approximate surface area is 207 Å². The van der Waals surface area contributed by atoms with E-state index in [2.05, 4.69) is 0 Å². The van der Waals surface area contributed by atoms with Crippen molar-refractivity contribution in [2.75, 3.05) is 0 Å². The van der Waals surface area contributed by atoms with Gasteiger partial charge < -0.3 is 0 Å². The minimum absolute atomic E-state index is 0.153. The third kappa shape index (κ3) is 4.21. The minimum atomic E-state index is -3.85. The maximum Gasteiger partial charge on any atom is 0.245 e. The summed E-state index contributed by atoms with van der Waals surface area (Å²) in [7, 11) is -3.85. The van der Waals surface area contributed by atoms with Gasteiger partial charge in [-0.1, -0.05) is 109 Å². The van der Waals surface area contributed by atoms with E-state index in [4.69, 9.17) is 16.6 Å². The van der Waals surface area contributed by atoms with Crippen LogP contribution < -0.4 is 0 Å². The molecule has 2 fully saturated rings. The van der Waals surface area contributed by atoms with Crippen molar-refractivity contribution in [3.8, 4) is 0 Å². The summed E-state index contributed by atoms with van der Waals surface area (Å²) in [6.45, 7) is 2.02. The topological polar surface area (TPSA) is 49.5 Å². The van der Waals surface area contributed by atoms with Gasteiger partial charge in [0.2, 0.25) is 10.0 Å². The van der Waals surface area contributed by atoms with Crippen LogP contribution in [0.15, 0.2) is 94.8 Å². The molecule has 1 aliphatic heterocycles. The molecule has 2 aliphatic rings. The van der Waals surface area contributed by atoms with Gasteiger partial charge in [-0.2, -0.15) is 4.31 Å². The van der Waals surface area contributed by atoms with Gasteiger partial charge in [0.05, 0.1) is 22.7 Å². The van der Waals surface area contributed by atoms with E-state index >= 15 is 0 Å². The molecule has 0 aromatic heterocycles. The van der Waals surface area contributed by atoms with Gasteiger partial charge in [0, 0.05) is 0 Å². The van der Waals surface area contributed by atoms with Crippen molar-refractivity contribution in [1.29, 1.82) is 0 Å². The molecule has 3 atom stereocenters. The van der Waals surface area contributed by atoms with Crippen molar-refractivity contribution in [3.05, 3.63) is 102 Å². The molecule has 0 N–H and O–H groups in total. The molecule has 1 saturated carbocycles. The number of halogens is 1. The lowest BCUT2D eigenvalue weighted by Gasteiger charge is -2.22. The number of aliphatic imine (C=N–C) groups is 1. The van der Waals surface area contributed by atoms with Gasteiger partial charge in [-0.15, -0.1) is 0 Å². The molecule has 0 spiro atoms. The Hall–Kier alpha value is -2.47. The van der Waals surface area contributed by atoms with Crippen LogP contribution in [0.25, 0.3) is 0 Å². The molecule has 176 valence electrons. The van der Waals surface area contributed by atoms with Crippen LogP contribution in [-0.2, 0) is 10.0 Å². The molecule has 4 nitrogen and oxygen atoms in total. The minimum Gasteiger partial charge on any atom is -0.282 e. The Kier molecular flexibility index (Phi) is 6.36. The highest BCUT2D eigenvalue weighted by molar-refractivity contribution is 7.89. The van der Waals surface area contributed by atoms with Gasteiger partial charge in [0.15, 0.2) is 5.00 Å². The van der Waals surface area contributed by atoms with Crippen LogP contribution in [0.1, 0.15) is 54.8 Å². The standard InChI is InChI=1S/C28H29ClN2O2S/c1-21-17-19-23(20-18-21)27-28(29,31(27)34(32,33)25-15-9-4-10-16-25)26(22-11-5-2-6-12-22)30-24-13-7-3-8-14-24/h2,4-6,9-12,15-20,24,27H,3,7-8,13-14H2,1H3/t27-,28-,31?/m1/s1. The molecule has 34 heavy (non-hydrogen) atoms. The smallest absolute Gasteiger partial charge is 0.245 e. The molecule has 3 aromatic carbocycles. The third-order valence-electron chi connectivity index (χ3n) is 6.81. The van der Waals surface area contributed by atoms with E-state index in [9.17, 15) is 8.42 Å². The Balaban J connectivity index is 1.66. The molecule has 1 aliphatic carbocycles. The average molecular weight is 493 g/mol. The van der Waals surface area contributed by atoms with Gasteiger partial charge in [0.25, 0.3) is 0 Å². The Morgan fingerprint density at radius 2 is 1.47 bits per heavy atom. The summed E-state index contributed by atoms with van der Waals surface area (Å²) in [4.78, 5) is 4.12. The largest absolute Gasteiger partial charge is 0.282 e. The van der Waals surface area contributed by atoms with E-state index in [1.165, 1.54) is 10.7 Å². The highest BCUT2D eigenvalue weighted by Gasteiger charge is 2.71. The number of hydrogen-bond acceptors (Lipinski definition) is 3. The fourth-order valence-corrected chi connectivity index (χ4v) is 7.49. The molecule has 1 saturated heterocycles. The second-order valence-electron chi connectivity index (χ2n) is 9.24. The predicted molar refractivity (Wildman–Crippen MR) is 138 cm³/mol. The molecule has 1 heterocycles. The zero-order chi connectivity index (χ0) is 23.8. The van der Waals surface area contributed by atoms with Crippen molar-refractivity contribution in [1.82, 2.24) is 4.31 Å². The van der Waals surface area contributed by atoms with Crippen molar-refractivity contribution >= 4 is 27.3 Å². The maximum atomic E-state index is 13.9. The number of nitrogens with zero attached hydrogens (tertiary/aromatic N) is 2. The van der Waals surface area contributed by atoms with E-state index < -0.39 is 21.1 Å². The Morgan fingerprint density at radius 3 is 2.09 bits per heavy atom. The zero-order valence-corrected chi connectivity index (χ0v) is 20.8. The van der Waals surface area contributed by atoms with Gasteiger partial charge in [-0.3, -0.25) is 4.99 Å². The van der Waals surface area contributed by atoms with Gasteiger partial charge in [-0.25, -0.2) is 8.42 Å². The lowest BCUT2D eigenvalue weighted by Crippen LogP contribution is -2.30. The van der Waals surface area contributed by atoms with Crippen molar-refractivity contribution in [2.24, 2.45) is 4.99 Å². The summed E-state index contributed by atoms with van der Waals surface area (Å²) in [5.74, 6) is 0. The van der Waals surface area contributed by atoms with Crippen LogP contribution in [0.2, 0.25) is 0 Å². The number of aryl methyl sites for hydroxylation is 1. The Morgan fingerprint density at radius 1 is 0.882 bits per heavy atom. The van der Waals surface area contributed by atoms with Crippen LogP contribution in [0.4, 0.5) is 0 Å². The third-order valence-corrected chi connectivity index (χ3v) is 9.36. The molecule has 6 heteroatoms. The summed E-state index contributed by atoms with van der Waals surface area (Å²) >= 11 is 7.42. The SMILES string of the molecule is Cc1ccc([C@H]2N(S(=O)(=O)c3ccccc3)[C@]2(Cl)C(=NC2CCCCC2)c2ccccc2)cc1. The van der Waals surface area contributed by atoms with Crippen molar-refractivity contribution < 1.29 is 8.42 Å². The number of hydrogen-bond donors (Lipinski definition) is 0. The fourth-order valence-electron chi connectivity index (χ4n) is 4.96. The molecule has 3 aromatic rings. The molecule has 5 rings (SSSR count). The van der Waals surface area contributed by atoms with E-state index in [0.717, 1.165) is 42.4 Å². The van der Waals surface area contributed by atoms with E-state index in [0.29, 0.717) is 5.71 Å². The predicted octanol–water partition coefficient (Wildman–Crippen LogP) is 6.50. The fraction of sp³-hybridized carbons (Fsp3) is 0.321. The first-order valence-electron chi connectivity index (χ1n) is 11.9. The normalized spacial score (nSPS) is 25.8. The average Bonchev–Trinajstić information content (AvgIpc) is 3.52. The number of alkyl halides is 1. The van der Waals surface area contributed by atoms with Gasteiger partial charge in [0.1, 0.15) is 0 Å². The first-order valence-corrected chi connectivity index (χ1v) is 13.7. The van der Waals surface area contributed by atoms with Crippen molar-refractivity contribution in [2.45, 2.75) is 61.0 Å². The van der Waals surface area contributed by atoms with Crippen LogP contribution in [0.5, 0.6) is 0 Å². The second kappa shape index (κ2) is 9.29. The highest BCUT2D eigenvalue weighted by atomic mass is 35.5. The summed E-state index contributed by atoms with van der Waals surface area (Å²) in [5.41, 5.74) is 3.49. The summed E-state index contributed by atoms with van der Waals surface area (Å²) in [5, 5.41) is 0. The molecule has 1 unspecified atom stereocenters. The lowest BCUT2D eigenvalue weighted by molar-refractivity contribution is 0.442. The lowest BCUT2D eigenvalue weighted by atomic mass is 9.94. The number of sulfonamides is 1. The van der Waals surface area contributed by atoms with E-state index in [1.54, 1.807) is 24.3 Å². The van der Waals surface area contributed by atoms with E-state index in [-0.39, 0.29) is 10.9 Å². The van der Waals surface area contributed by atoms with Gasteiger partial charge >= 0.3 is 0 Å². The molecule has 0 radical (unpaired) electrons. The summed E-state index contributed by atoms with van der Waals surface area (Å²) in [6.07, 6.45) is 5.50. The molecule has 0 bridgehead atoms. The quantitative estimate of drug-likeness (QED) is 0.171. The first-order chi connectivity index (χ1) is 16.4. The number of rotatable bonds is 6. The molecular formula is C28H29ClN2O2S. The van der Waals surface area contributed by atoms with Crippen LogP contribution in [0.3, 0.4) is 0 Å². The monoisotopic (exact) mass is 492 g/mol. The van der Waals surface area contributed by atoms with Crippen LogP contribution in [-0.4, -0.2) is 29.5 Å². The molecule has 0 amide bonds. The second-order valence-corrected chi connectivity index (χ2v) is 11.6. The van der Waals surface area contributed by atoms with Gasteiger partial charge in [-0.05, 0) is 43.0 Å². The Bertz CT molecular complexity index is 1270. The summed E-state index contributed by atoms with van der Waals surface area (Å²) < 4.78 is 29.2. The first kappa shape index (κ1) is 23.3. The number of benzene rings is 3. The zero-order valence-electron chi connectivity index (χ0n) is 19.3. The summed E-state index contributed by atoms with van der Waals surface area (Å²) in [6, 6.07) is 25.9. The maximum absolute atomic E-state index is 13.9. The highest BCUT2D eigenvalue weighted by Crippen LogP contribution is 2.61.